The SMILES string of the molecule is CCCCCCOS(=O)(=O)c1ccc(OC(C)(C)C(O)CN2CCNCC2)cc1. The summed E-state index contributed by atoms with van der Waals surface area (Å²) in [6.45, 7) is 10.2. The van der Waals surface area contributed by atoms with Crippen molar-refractivity contribution in [3.05, 3.63) is 24.3 Å². The van der Waals surface area contributed by atoms with Crippen LogP contribution in [0.1, 0.15) is 46.5 Å². The first kappa shape index (κ1) is 24.1. The van der Waals surface area contributed by atoms with E-state index in [0.29, 0.717) is 12.3 Å². The molecule has 0 aliphatic carbocycles. The number of hydrogen-bond donors (Lipinski definition) is 2. The summed E-state index contributed by atoms with van der Waals surface area (Å²) in [4.78, 5) is 2.32. The number of aliphatic hydroxyl groups excluding tert-OH is 1. The van der Waals surface area contributed by atoms with Crippen molar-refractivity contribution in [3.63, 3.8) is 0 Å². The molecule has 0 radical (unpaired) electrons. The van der Waals surface area contributed by atoms with Crippen LogP contribution in [0, 0.1) is 0 Å². The number of β-amino-alcohol motifs (C(OH)–C–C–N with tert-alkyl or cyclic N) is 1. The number of rotatable bonds is 12. The first-order valence-corrected chi connectivity index (χ1v) is 11.9. The van der Waals surface area contributed by atoms with Gasteiger partial charge in [0, 0.05) is 32.7 Å². The number of ether oxygens (including phenoxy) is 1. The molecule has 2 rings (SSSR count). The average molecular weight is 429 g/mol. The molecule has 8 heteroatoms. The fourth-order valence-corrected chi connectivity index (χ4v) is 4.11. The van der Waals surface area contributed by atoms with E-state index in [0.717, 1.165) is 51.9 Å². The third-order valence-electron chi connectivity index (χ3n) is 5.17. The Bertz CT molecular complexity index is 700. The summed E-state index contributed by atoms with van der Waals surface area (Å²) in [5.74, 6) is 0.510. The van der Waals surface area contributed by atoms with Crippen LogP contribution in [0.5, 0.6) is 5.75 Å². The van der Waals surface area contributed by atoms with E-state index in [4.69, 9.17) is 8.92 Å². The van der Waals surface area contributed by atoms with Gasteiger partial charge in [0.15, 0.2) is 0 Å². The fraction of sp³-hybridized carbons (Fsp3) is 0.714. The van der Waals surface area contributed by atoms with Crippen LogP contribution in [0.15, 0.2) is 29.2 Å². The van der Waals surface area contributed by atoms with E-state index in [1.165, 1.54) is 12.1 Å². The Kier molecular flexibility index (Phi) is 9.36. The quantitative estimate of drug-likeness (QED) is 0.390. The zero-order valence-corrected chi connectivity index (χ0v) is 18.7. The number of hydrogen-bond acceptors (Lipinski definition) is 7. The Morgan fingerprint density at radius 2 is 1.79 bits per heavy atom. The topological polar surface area (TPSA) is 88.1 Å². The van der Waals surface area contributed by atoms with E-state index >= 15 is 0 Å². The predicted octanol–water partition coefficient (Wildman–Crippen LogP) is 2.40. The van der Waals surface area contributed by atoms with Gasteiger partial charge in [0.2, 0.25) is 0 Å². The van der Waals surface area contributed by atoms with Crippen molar-refractivity contribution in [1.82, 2.24) is 10.2 Å². The van der Waals surface area contributed by atoms with Crippen LogP contribution in [0.25, 0.3) is 0 Å². The Labute approximate surface area is 175 Å². The highest BCUT2D eigenvalue weighted by Crippen LogP contribution is 2.24. The van der Waals surface area contributed by atoms with E-state index in [2.05, 4.69) is 17.1 Å². The zero-order valence-electron chi connectivity index (χ0n) is 17.9. The fourth-order valence-electron chi connectivity index (χ4n) is 3.17. The van der Waals surface area contributed by atoms with Gasteiger partial charge in [-0.1, -0.05) is 26.2 Å². The third kappa shape index (κ3) is 7.86. The summed E-state index contributed by atoms with van der Waals surface area (Å²) in [5, 5.41) is 13.9. The predicted molar refractivity (Wildman–Crippen MR) is 114 cm³/mol. The standard InChI is InChI=1S/C21H36N2O5S/c1-4-5-6-7-16-27-29(25,26)19-10-8-18(9-11-19)28-21(2,3)20(24)17-23-14-12-22-13-15-23/h8-11,20,22,24H,4-7,12-17H2,1-3H3. The lowest BCUT2D eigenvalue weighted by Crippen LogP contribution is -2.52. The summed E-state index contributed by atoms with van der Waals surface area (Å²) in [6, 6.07) is 6.17. The van der Waals surface area contributed by atoms with Crippen molar-refractivity contribution < 1.29 is 22.4 Å². The number of benzene rings is 1. The van der Waals surface area contributed by atoms with Crippen molar-refractivity contribution in [1.29, 1.82) is 0 Å². The number of nitrogens with zero attached hydrogens (tertiary/aromatic N) is 1. The number of nitrogens with one attached hydrogen (secondary N) is 1. The van der Waals surface area contributed by atoms with Gasteiger partial charge in [-0.15, -0.1) is 0 Å². The molecule has 0 amide bonds. The molecule has 1 aliphatic rings. The van der Waals surface area contributed by atoms with Crippen LogP contribution in [-0.2, 0) is 14.3 Å². The molecule has 7 nitrogen and oxygen atoms in total. The minimum Gasteiger partial charge on any atom is -0.485 e. The van der Waals surface area contributed by atoms with Crippen molar-refractivity contribution in [2.24, 2.45) is 0 Å². The van der Waals surface area contributed by atoms with Gasteiger partial charge in [0.05, 0.1) is 11.5 Å². The minimum atomic E-state index is -3.76. The molecule has 2 N–H and O–H groups in total. The first-order chi connectivity index (χ1) is 13.7. The maximum absolute atomic E-state index is 12.3. The molecular weight excluding hydrogens is 392 g/mol. The molecule has 0 aromatic heterocycles. The third-order valence-corrected chi connectivity index (χ3v) is 6.50. The van der Waals surface area contributed by atoms with Gasteiger partial charge in [-0.25, -0.2) is 0 Å². The van der Waals surface area contributed by atoms with Crippen LogP contribution in [0.2, 0.25) is 0 Å². The van der Waals surface area contributed by atoms with Crippen molar-refractivity contribution in [3.8, 4) is 5.75 Å². The highest BCUT2D eigenvalue weighted by Gasteiger charge is 2.32. The second-order valence-corrected chi connectivity index (χ2v) is 9.70. The summed E-state index contributed by atoms with van der Waals surface area (Å²) in [6.07, 6.45) is 3.19. The second kappa shape index (κ2) is 11.3. The zero-order chi connectivity index (χ0) is 21.3. The second-order valence-electron chi connectivity index (χ2n) is 8.08. The molecule has 1 atom stereocenters. The van der Waals surface area contributed by atoms with Crippen LogP contribution >= 0.6 is 0 Å². The van der Waals surface area contributed by atoms with Crippen molar-refractivity contribution in [2.75, 3.05) is 39.3 Å². The highest BCUT2D eigenvalue weighted by molar-refractivity contribution is 7.86. The molecule has 1 fully saturated rings. The molecule has 0 saturated carbocycles. The molecule has 1 aromatic carbocycles. The Morgan fingerprint density at radius 1 is 1.14 bits per heavy atom. The average Bonchev–Trinajstić information content (AvgIpc) is 2.68. The van der Waals surface area contributed by atoms with E-state index in [1.807, 2.05) is 13.8 Å². The van der Waals surface area contributed by atoms with Crippen LogP contribution in [0.3, 0.4) is 0 Å². The minimum absolute atomic E-state index is 0.111. The van der Waals surface area contributed by atoms with Gasteiger partial charge in [0.25, 0.3) is 10.1 Å². The Hall–Kier alpha value is -1.19. The maximum atomic E-state index is 12.3. The van der Waals surface area contributed by atoms with Gasteiger partial charge in [-0.05, 0) is 44.5 Å². The lowest BCUT2D eigenvalue weighted by molar-refractivity contribution is -0.0456. The van der Waals surface area contributed by atoms with Gasteiger partial charge < -0.3 is 15.2 Å². The molecule has 1 aromatic rings. The summed E-state index contributed by atoms with van der Waals surface area (Å²) in [5.41, 5.74) is -0.805. The van der Waals surface area contributed by atoms with Gasteiger partial charge >= 0.3 is 0 Å². The van der Waals surface area contributed by atoms with Gasteiger partial charge in [-0.2, -0.15) is 8.42 Å². The van der Waals surface area contributed by atoms with Crippen molar-refractivity contribution in [2.45, 2.75) is 63.1 Å². The smallest absolute Gasteiger partial charge is 0.296 e. The molecule has 1 saturated heterocycles. The van der Waals surface area contributed by atoms with E-state index in [1.54, 1.807) is 12.1 Å². The van der Waals surface area contributed by atoms with E-state index in [9.17, 15) is 13.5 Å². The van der Waals surface area contributed by atoms with Gasteiger partial charge in [0.1, 0.15) is 17.5 Å². The Morgan fingerprint density at radius 3 is 2.41 bits per heavy atom. The van der Waals surface area contributed by atoms with Gasteiger partial charge in [-0.3, -0.25) is 9.08 Å². The molecular formula is C21H36N2O5S. The number of unbranched alkanes of at least 4 members (excludes halogenated alkanes) is 3. The molecule has 0 bridgehead atoms. The molecule has 1 heterocycles. The Balaban J connectivity index is 1.89. The molecule has 166 valence electrons. The van der Waals surface area contributed by atoms with Crippen LogP contribution in [-0.4, -0.2) is 69.5 Å². The molecule has 29 heavy (non-hydrogen) atoms. The molecule has 0 spiro atoms. The molecule has 1 aliphatic heterocycles. The van der Waals surface area contributed by atoms with Crippen molar-refractivity contribution >= 4 is 10.1 Å². The summed E-state index contributed by atoms with van der Waals surface area (Å²) >= 11 is 0. The molecule has 1 unspecified atom stereocenters. The van der Waals surface area contributed by atoms with Crippen LogP contribution in [0.4, 0.5) is 0 Å². The van der Waals surface area contributed by atoms with E-state index in [-0.39, 0.29) is 11.5 Å². The highest BCUT2D eigenvalue weighted by atomic mass is 32.2. The first-order valence-electron chi connectivity index (χ1n) is 10.5. The summed E-state index contributed by atoms with van der Waals surface area (Å²) < 4.78 is 35.6. The number of aliphatic hydroxyl groups is 1. The van der Waals surface area contributed by atoms with E-state index < -0.39 is 21.8 Å². The lowest BCUT2D eigenvalue weighted by atomic mass is 10.0. The van der Waals surface area contributed by atoms with Crippen LogP contribution < -0.4 is 10.1 Å². The number of piperazine rings is 1. The lowest BCUT2D eigenvalue weighted by Gasteiger charge is -2.36. The largest absolute Gasteiger partial charge is 0.485 e. The summed E-state index contributed by atoms with van der Waals surface area (Å²) in [7, 11) is -3.76. The normalized spacial score (nSPS) is 17.2. The maximum Gasteiger partial charge on any atom is 0.296 e. The monoisotopic (exact) mass is 428 g/mol.